The van der Waals surface area contributed by atoms with Crippen LogP contribution in [0.2, 0.25) is 0 Å². The smallest absolute Gasteiger partial charge is 0.0895 e. The van der Waals surface area contributed by atoms with E-state index < -0.39 is 0 Å². The molecule has 1 aliphatic rings. The number of hydrogen-bond acceptors (Lipinski definition) is 3. The van der Waals surface area contributed by atoms with Crippen LogP contribution in [-0.4, -0.2) is 42.6 Å². The normalized spacial score (nSPS) is 22.6. The Bertz CT molecular complexity index is 283. The van der Waals surface area contributed by atoms with E-state index in [0.29, 0.717) is 6.04 Å². The second kappa shape index (κ2) is 11.0. The highest BCUT2D eigenvalue weighted by molar-refractivity contribution is 5.41. The fourth-order valence-corrected chi connectivity index (χ4v) is 3.08. The van der Waals surface area contributed by atoms with Gasteiger partial charge in [-0.3, -0.25) is 0 Å². The monoisotopic (exact) mass is 279 g/mol. The third kappa shape index (κ3) is 6.67. The average Bonchev–Trinajstić information content (AvgIpc) is 2.49. The van der Waals surface area contributed by atoms with Gasteiger partial charge in [-0.15, -0.1) is 0 Å². The summed E-state index contributed by atoms with van der Waals surface area (Å²) in [7, 11) is 0. The molecule has 0 unspecified atom stereocenters. The Labute approximate surface area is 125 Å². The van der Waals surface area contributed by atoms with Crippen molar-refractivity contribution < 1.29 is 0 Å². The number of aliphatic imine (C=N–C) groups is 2. The molecule has 1 rings (SSSR count). The Morgan fingerprint density at radius 2 is 1.65 bits per heavy atom. The third-order valence-electron chi connectivity index (χ3n) is 4.43. The van der Waals surface area contributed by atoms with E-state index in [1.165, 1.54) is 64.5 Å². The standard InChI is InChI=1S/C17H33N3/c1-4-7-8-9-14-18-15-19-16-10-12-17(13-11-16)20(5-2)6-3/h16-17H,4-14H2,1-3H3. The number of rotatable bonds is 9. The molecule has 3 nitrogen and oxygen atoms in total. The van der Waals surface area contributed by atoms with Crippen LogP contribution in [0.15, 0.2) is 9.98 Å². The van der Waals surface area contributed by atoms with Crippen LogP contribution in [-0.2, 0) is 0 Å². The molecular weight excluding hydrogens is 246 g/mol. The molecule has 0 atom stereocenters. The van der Waals surface area contributed by atoms with E-state index in [1.54, 1.807) is 0 Å². The first-order chi connectivity index (χ1) is 9.81. The maximum absolute atomic E-state index is 4.51. The average molecular weight is 279 g/mol. The van der Waals surface area contributed by atoms with Crippen LogP contribution in [0.1, 0.15) is 72.1 Å². The summed E-state index contributed by atoms with van der Waals surface area (Å²) in [5.74, 6) is 0. The summed E-state index contributed by atoms with van der Waals surface area (Å²) >= 11 is 0. The minimum Gasteiger partial charge on any atom is -0.301 e. The van der Waals surface area contributed by atoms with Gasteiger partial charge in [-0.05, 0) is 45.2 Å². The van der Waals surface area contributed by atoms with Crippen molar-refractivity contribution in [2.24, 2.45) is 9.98 Å². The van der Waals surface area contributed by atoms with Crippen LogP contribution in [0.3, 0.4) is 0 Å². The molecule has 0 spiro atoms. The molecule has 3 heteroatoms. The van der Waals surface area contributed by atoms with E-state index in [-0.39, 0.29) is 0 Å². The van der Waals surface area contributed by atoms with Gasteiger partial charge in [0, 0.05) is 12.6 Å². The van der Waals surface area contributed by atoms with Crippen LogP contribution in [0.25, 0.3) is 0 Å². The predicted octanol–water partition coefficient (Wildman–Crippen LogP) is 4.39. The van der Waals surface area contributed by atoms with E-state index in [0.717, 1.165) is 12.6 Å². The molecule has 0 aromatic carbocycles. The lowest BCUT2D eigenvalue weighted by molar-refractivity contribution is 0.165. The van der Waals surface area contributed by atoms with Crippen molar-refractivity contribution in [3.8, 4) is 0 Å². The third-order valence-corrected chi connectivity index (χ3v) is 4.43. The van der Waals surface area contributed by atoms with Gasteiger partial charge in [0.15, 0.2) is 0 Å². The molecular formula is C17H33N3. The lowest BCUT2D eigenvalue weighted by Gasteiger charge is -2.34. The Morgan fingerprint density at radius 1 is 0.950 bits per heavy atom. The number of nitrogens with zero attached hydrogens (tertiary/aromatic N) is 3. The van der Waals surface area contributed by atoms with E-state index >= 15 is 0 Å². The van der Waals surface area contributed by atoms with Crippen molar-refractivity contribution in [3.63, 3.8) is 0 Å². The molecule has 0 aromatic rings. The highest BCUT2D eigenvalue weighted by atomic mass is 15.1. The van der Waals surface area contributed by atoms with Gasteiger partial charge in [-0.1, -0.05) is 40.0 Å². The molecule has 0 amide bonds. The van der Waals surface area contributed by atoms with Gasteiger partial charge in [0.05, 0.1) is 12.1 Å². The Balaban J connectivity index is 2.19. The van der Waals surface area contributed by atoms with Crippen LogP contribution in [0.5, 0.6) is 0 Å². The first kappa shape index (κ1) is 17.4. The van der Waals surface area contributed by atoms with Gasteiger partial charge in [0.2, 0.25) is 0 Å². The second-order valence-electron chi connectivity index (χ2n) is 5.86. The van der Waals surface area contributed by atoms with Gasteiger partial charge in [0.1, 0.15) is 0 Å². The predicted molar refractivity (Wildman–Crippen MR) is 87.8 cm³/mol. The maximum Gasteiger partial charge on any atom is 0.0895 e. The topological polar surface area (TPSA) is 28.0 Å². The van der Waals surface area contributed by atoms with E-state index in [9.17, 15) is 0 Å². The minimum atomic E-state index is 0.473. The summed E-state index contributed by atoms with van der Waals surface area (Å²) < 4.78 is 0. The molecule has 0 bridgehead atoms. The zero-order valence-electron chi connectivity index (χ0n) is 13.8. The summed E-state index contributed by atoms with van der Waals surface area (Å²) in [5.41, 5.74) is 0. The van der Waals surface area contributed by atoms with Crippen LogP contribution >= 0.6 is 0 Å². The zero-order valence-corrected chi connectivity index (χ0v) is 13.8. The minimum absolute atomic E-state index is 0.473. The highest BCUT2D eigenvalue weighted by Crippen LogP contribution is 2.24. The fourth-order valence-electron chi connectivity index (χ4n) is 3.08. The Morgan fingerprint density at radius 3 is 2.25 bits per heavy atom. The Hall–Kier alpha value is -0.660. The largest absolute Gasteiger partial charge is 0.301 e. The fraction of sp³-hybridized carbons (Fsp3) is 0.941. The lowest BCUT2D eigenvalue weighted by Crippen LogP contribution is -2.38. The highest BCUT2D eigenvalue weighted by Gasteiger charge is 2.23. The van der Waals surface area contributed by atoms with Crippen molar-refractivity contribution in [2.75, 3.05) is 19.6 Å². The molecule has 116 valence electrons. The van der Waals surface area contributed by atoms with Crippen LogP contribution < -0.4 is 0 Å². The molecule has 0 saturated heterocycles. The van der Waals surface area contributed by atoms with Crippen LogP contribution in [0, 0.1) is 0 Å². The van der Waals surface area contributed by atoms with Gasteiger partial charge in [-0.25, -0.2) is 9.98 Å². The molecule has 0 aliphatic heterocycles. The SMILES string of the molecule is CCCCCCN=C=NC1CCC(N(CC)CC)CC1. The summed E-state index contributed by atoms with van der Waals surface area (Å²) in [5, 5.41) is 0. The molecule has 0 radical (unpaired) electrons. The summed E-state index contributed by atoms with van der Waals surface area (Å²) in [6.07, 6.45) is 10.1. The molecule has 0 N–H and O–H groups in total. The quantitative estimate of drug-likeness (QED) is 0.454. The van der Waals surface area contributed by atoms with Gasteiger partial charge >= 0.3 is 0 Å². The first-order valence-electron chi connectivity index (χ1n) is 8.67. The van der Waals surface area contributed by atoms with Crippen LogP contribution in [0.4, 0.5) is 0 Å². The second-order valence-corrected chi connectivity index (χ2v) is 5.86. The molecule has 1 fully saturated rings. The molecule has 0 aromatic heterocycles. The molecule has 1 aliphatic carbocycles. The summed E-state index contributed by atoms with van der Waals surface area (Å²) in [6, 6.07) is 4.19. The van der Waals surface area contributed by atoms with Crippen molar-refractivity contribution in [2.45, 2.75) is 84.2 Å². The van der Waals surface area contributed by atoms with Gasteiger partial charge in [-0.2, -0.15) is 0 Å². The molecule has 20 heavy (non-hydrogen) atoms. The van der Waals surface area contributed by atoms with Gasteiger partial charge in [0.25, 0.3) is 0 Å². The summed E-state index contributed by atoms with van der Waals surface area (Å²) in [6.45, 7) is 10.0. The lowest BCUT2D eigenvalue weighted by atomic mass is 9.90. The van der Waals surface area contributed by atoms with Crippen molar-refractivity contribution in [3.05, 3.63) is 0 Å². The van der Waals surface area contributed by atoms with E-state index in [1.807, 2.05) is 0 Å². The van der Waals surface area contributed by atoms with Gasteiger partial charge < -0.3 is 4.90 Å². The van der Waals surface area contributed by atoms with Crippen molar-refractivity contribution in [1.82, 2.24) is 4.90 Å². The summed E-state index contributed by atoms with van der Waals surface area (Å²) in [4.78, 5) is 11.4. The first-order valence-corrected chi connectivity index (χ1v) is 8.67. The number of hydrogen-bond donors (Lipinski definition) is 0. The Kier molecular flexibility index (Phi) is 9.61. The zero-order chi connectivity index (χ0) is 14.6. The van der Waals surface area contributed by atoms with Crippen molar-refractivity contribution >= 4 is 6.01 Å². The molecule has 1 saturated carbocycles. The maximum atomic E-state index is 4.51. The number of unbranched alkanes of at least 4 members (excludes halogenated alkanes) is 3. The van der Waals surface area contributed by atoms with E-state index in [4.69, 9.17) is 0 Å². The van der Waals surface area contributed by atoms with Crippen molar-refractivity contribution in [1.29, 1.82) is 0 Å². The molecule has 0 heterocycles. The van der Waals surface area contributed by atoms with E-state index in [2.05, 4.69) is 41.7 Å².